The van der Waals surface area contributed by atoms with E-state index in [0.717, 1.165) is 12.0 Å². The number of hydrogen-bond donors (Lipinski definition) is 3. The van der Waals surface area contributed by atoms with Crippen LogP contribution >= 0.6 is 0 Å². The van der Waals surface area contributed by atoms with E-state index in [4.69, 9.17) is 4.42 Å². The summed E-state index contributed by atoms with van der Waals surface area (Å²) in [6.45, 7) is 8.36. The van der Waals surface area contributed by atoms with Gasteiger partial charge in [0, 0.05) is 29.7 Å². The summed E-state index contributed by atoms with van der Waals surface area (Å²) in [5.41, 5.74) is -0.331. The van der Waals surface area contributed by atoms with Gasteiger partial charge in [-0.2, -0.15) is 0 Å². The number of benzene rings is 1. The molecule has 35 heavy (non-hydrogen) atoms. The molecule has 1 unspecified atom stereocenters. The van der Waals surface area contributed by atoms with Crippen LogP contribution in [0.2, 0.25) is 0 Å². The molecule has 2 heterocycles. The standard InChI is InChI=1S/C27H35N3O5/c1-26(2,3)29-18-10-13-22(27(4,16-18)25(33)34)30-15-14-19(24(30)32)28-23(31)21-12-11-20(35-21)17-8-6-5-7-9-17/h5-9,11-12,18-19,22,29H,10,13-16H2,1-4H3,(H,28,31)(H,33,34)/t18-,19?,22+,27-/m1/s1. The summed E-state index contributed by atoms with van der Waals surface area (Å²) in [5, 5.41) is 16.5. The predicted octanol–water partition coefficient (Wildman–Crippen LogP) is 3.68. The second-order valence-electron chi connectivity index (χ2n) is 11.0. The Morgan fingerprint density at radius 3 is 2.46 bits per heavy atom. The van der Waals surface area contributed by atoms with Gasteiger partial charge in [-0.25, -0.2) is 0 Å². The van der Waals surface area contributed by atoms with Gasteiger partial charge in [0.1, 0.15) is 11.8 Å². The minimum absolute atomic E-state index is 0.0679. The Morgan fingerprint density at radius 2 is 1.80 bits per heavy atom. The third-order valence-electron chi connectivity index (χ3n) is 7.13. The number of carboxylic acid groups (broad SMARTS) is 1. The molecule has 0 radical (unpaired) electrons. The molecule has 4 atom stereocenters. The summed E-state index contributed by atoms with van der Waals surface area (Å²) in [6.07, 6.45) is 2.27. The summed E-state index contributed by atoms with van der Waals surface area (Å²) in [6, 6.07) is 11.8. The lowest BCUT2D eigenvalue weighted by atomic mass is 9.68. The molecule has 2 fully saturated rings. The van der Waals surface area contributed by atoms with E-state index in [0.29, 0.717) is 31.6 Å². The second-order valence-corrected chi connectivity index (χ2v) is 11.0. The molecule has 2 aliphatic rings. The number of carbonyl (C=O) groups is 3. The Kier molecular flexibility index (Phi) is 6.77. The predicted molar refractivity (Wildman–Crippen MR) is 132 cm³/mol. The first-order valence-electron chi connectivity index (χ1n) is 12.3. The highest BCUT2D eigenvalue weighted by atomic mass is 16.4. The van der Waals surface area contributed by atoms with E-state index in [2.05, 4.69) is 31.4 Å². The maximum Gasteiger partial charge on any atom is 0.311 e. The first-order chi connectivity index (χ1) is 16.5. The zero-order valence-electron chi connectivity index (χ0n) is 20.8. The fourth-order valence-corrected chi connectivity index (χ4v) is 5.48. The Morgan fingerprint density at radius 1 is 1.09 bits per heavy atom. The van der Waals surface area contributed by atoms with Gasteiger partial charge in [0.15, 0.2) is 5.76 Å². The van der Waals surface area contributed by atoms with Gasteiger partial charge in [0.2, 0.25) is 5.91 Å². The quantitative estimate of drug-likeness (QED) is 0.580. The van der Waals surface area contributed by atoms with E-state index in [-0.39, 0.29) is 23.2 Å². The molecule has 0 bridgehead atoms. The van der Waals surface area contributed by atoms with Crippen molar-refractivity contribution in [3.63, 3.8) is 0 Å². The number of nitrogens with zero attached hydrogens (tertiary/aromatic N) is 1. The van der Waals surface area contributed by atoms with Crippen LogP contribution in [0.25, 0.3) is 11.3 Å². The van der Waals surface area contributed by atoms with Crippen molar-refractivity contribution >= 4 is 17.8 Å². The van der Waals surface area contributed by atoms with Crippen molar-refractivity contribution in [1.29, 1.82) is 0 Å². The summed E-state index contributed by atoms with van der Waals surface area (Å²) in [7, 11) is 0. The van der Waals surface area contributed by atoms with Crippen LogP contribution in [-0.4, -0.2) is 58.0 Å². The van der Waals surface area contributed by atoms with Crippen molar-refractivity contribution in [3.8, 4) is 11.3 Å². The molecule has 0 spiro atoms. The molecule has 188 valence electrons. The van der Waals surface area contributed by atoms with Gasteiger partial charge >= 0.3 is 5.97 Å². The fourth-order valence-electron chi connectivity index (χ4n) is 5.48. The number of rotatable bonds is 6. The van der Waals surface area contributed by atoms with Crippen molar-refractivity contribution in [2.45, 2.75) is 77.0 Å². The summed E-state index contributed by atoms with van der Waals surface area (Å²) >= 11 is 0. The highest BCUT2D eigenvalue weighted by molar-refractivity contribution is 5.96. The molecule has 3 N–H and O–H groups in total. The normalized spacial score (nSPS) is 27.1. The van der Waals surface area contributed by atoms with Crippen LogP contribution in [0.15, 0.2) is 46.9 Å². The third-order valence-corrected chi connectivity index (χ3v) is 7.13. The average Bonchev–Trinajstić information content (AvgIpc) is 3.41. The average molecular weight is 482 g/mol. The summed E-state index contributed by atoms with van der Waals surface area (Å²) < 4.78 is 5.71. The number of carbonyl (C=O) groups excluding carboxylic acids is 2. The Bertz CT molecular complexity index is 1090. The Hall–Kier alpha value is -3.13. The van der Waals surface area contributed by atoms with Crippen LogP contribution in [0.5, 0.6) is 0 Å². The molecule has 1 aromatic heterocycles. The Labute approximate surface area is 206 Å². The molecule has 8 heteroatoms. The smallest absolute Gasteiger partial charge is 0.311 e. The lowest BCUT2D eigenvalue weighted by Crippen LogP contribution is -2.59. The zero-order chi connectivity index (χ0) is 25.4. The molecular weight excluding hydrogens is 446 g/mol. The highest BCUT2D eigenvalue weighted by Gasteiger charge is 2.52. The number of likely N-dealkylation sites (tertiary alicyclic amines) is 1. The van der Waals surface area contributed by atoms with Crippen LogP contribution in [0.4, 0.5) is 0 Å². The first-order valence-corrected chi connectivity index (χ1v) is 12.3. The zero-order valence-corrected chi connectivity index (χ0v) is 20.8. The van der Waals surface area contributed by atoms with E-state index in [1.54, 1.807) is 24.0 Å². The third kappa shape index (κ3) is 5.27. The number of furan rings is 1. The molecule has 4 rings (SSSR count). The highest BCUT2D eigenvalue weighted by Crippen LogP contribution is 2.41. The van der Waals surface area contributed by atoms with Crippen molar-refractivity contribution < 1.29 is 23.9 Å². The molecule has 1 saturated carbocycles. The van der Waals surface area contributed by atoms with Gasteiger partial charge < -0.3 is 25.1 Å². The van der Waals surface area contributed by atoms with Crippen LogP contribution in [0, 0.1) is 5.41 Å². The monoisotopic (exact) mass is 481 g/mol. The van der Waals surface area contributed by atoms with Gasteiger partial charge in [0.25, 0.3) is 5.91 Å². The topological polar surface area (TPSA) is 112 Å². The summed E-state index contributed by atoms with van der Waals surface area (Å²) in [5.74, 6) is -0.862. The number of amides is 2. The maximum atomic E-state index is 13.3. The second kappa shape index (κ2) is 9.49. The lowest BCUT2D eigenvalue weighted by molar-refractivity contribution is -0.158. The minimum Gasteiger partial charge on any atom is -0.481 e. The number of nitrogens with one attached hydrogen (secondary N) is 2. The van der Waals surface area contributed by atoms with Crippen LogP contribution in [0.3, 0.4) is 0 Å². The fraction of sp³-hybridized carbons (Fsp3) is 0.519. The number of hydrogen-bond acceptors (Lipinski definition) is 5. The number of aliphatic carboxylic acids is 1. The maximum absolute atomic E-state index is 13.3. The van der Waals surface area contributed by atoms with Crippen molar-refractivity contribution in [2.24, 2.45) is 5.41 Å². The van der Waals surface area contributed by atoms with Gasteiger partial charge in [-0.1, -0.05) is 30.3 Å². The Balaban J connectivity index is 1.43. The van der Waals surface area contributed by atoms with Crippen LogP contribution in [0.1, 0.15) is 63.9 Å². The van der Waals surface area contributed by atoms with Gasteiger partial charge in [-0.3, -0.25) is 14.4 Å². The molecule has 1 aliphatic carbocycles. The molecular formula is C27H35N3O5. The molecule has 8 nitrogen and oxygen atoms in total. The minimum atomic E-state index is -1.07. The molecule has 1 saturated heterocycles. The van der Waals surface area contributed by atoms with Crippen LogP contribution in [-0.2, 0) is 9.59 Å². The van der Waals surface area contributed by atoms with E-state index in [1.807, 2.05) is 30.3 Å². The number of carboxylic acids is 1. The van der Waals surface area contributed by atoms with Gasteiger partial charge in [0.05, 0.1) is 5.41 Å². The van der Waals surface area contributed by atoms with Crippen molar-refractivity contribution in [2.75, 3.05) is 6.54 Å². The van der Waals surface area contributed by atoms with E-state index >= 15 is 0 Å². The van der Waals surface area contributed by atoms with E-state index in [9.17, 15) is 19.5 Å². The van der Waals surface area contributed by atoms with Crippen LogP contribution < -0.4 is 10.6 Å². The largest absolute Gasteiger partial charge is 0.481 e. The molecule has 2 amide bonds. The van der Waals surface area contributed by atoms with E-state index in [1.165, 1.54) is 0 Å². The summed E-state index contributed by atoms with van der Waals surface area (Å²) in [4.78, 5) is 40.1. The van der Waals surface area contributed by atoms with Gasteiger partial charge in [-0.05, 0) is 65.5 Å². The van der Waals surface area contributed by atoms with Crippen molar-refractivity contribution in [3.05, 3.63) is 48.2 Å². The first kappa shape index (κ1) is 25.0. The SMILES string of the molecule is CC(C)(C)N[C@@H]1CC[C@H](N2CCC(NC(=O)c3ccc(-c4ccccc4)o3)C2=O)[C@](C)(C(=O)O)C1. The van der Waals surface area contributed by atoms with E-state index < -0.39 is 29.4 Å². The van der Waals surface area contributed by atoms with Crippen molar-refractivity contribution in [1.82, 2.24) is 15.5 Å². The van der Waals surface area contributed by atoms with Gasteiger partial charge in [-0.15, -0.1) is 0 Å². The molecule has 1 aliphatic heterocycles. The molecule has 2 aromatic rings. The molecule has 1 aromatic carbocycles. The lowest BCUT2D eigenvalue weighted by Gasteiger charge is -2.47.